The van der Waals surface area contributed by atoms with E-state index in [-0.39, 0.29) is 34.9 Å². The van der Waals surface area contributed by atoms with Crippen molar-refractivity contribution < 1.29 is 13.2 Å². The number of hydrogen-bond donors (Lipinski definition) is 3. The van der Waals surface area contributed by atoms with Gasteiger partial charge in [0.05, 0.1) is 4.90 Å². The second kappa shape index (κ2) is 9.95. The first kappa shape index (κ1) is 25.4. The van der Waals surface area contributed by atoms with Crippen LogP contribution in [0.3, 0.4) is 0 Å². The molecule has 180 valence electrons. The largest absolute Gasteiger partial charge is 0.348 e. The van der Waals surface area contributed by atoms with Crippen LogP contribution in [0, 0.1) is 13.8 Å². The van der Waals surface area contributed by atoms with Crippen molar-refractivity contribution in [3.63, 3.8) is 0 Å². The molecule has 0 aliphatic carbocycles. The van der Waals surface area contributed by atoms with Gasteiger partial charge >= 0.3 is 0 Å². The average molecular weight is 482 g/mol. The van der Waals surface area contributed by atoms with Gasteiger partial charge in [0.2, 0.25) is 10.0 Å². The number of amides is 1. The van der Waals surface area contributed by atoms with Crippen LogP contribution in [-0.4, -0.2) is 19.3 Å². The Morgan fingerprint density at radius 2 is 1.56 bits per heavy atom. The summed E-state index contributed by atoms with van der Waals surface area (Å²) in [5.74, 6) is -0.314. The summed E-state index contributed by atoms with van der Waals surface area (Å²) in [7, 11) is -3.66. The SMILES string of the molecule is Cc1cc(C)c(CNC(=O)c2ccc(CNS(=O)(=O)c3ccc(C(C)(C)C)cc3)cc2)c(=O)[nH]1. The lowest BCUT2D eigenvalue weighted by atomic mass is 9.87. The summed E-state index contributed by atoms with van der Waals surface area (Å²) in [5.41, 5.74) is 4.03. The van der Waals surface area contributed by atoms with E-state index in [9.17, 15) is 18.0 Å². The monoisotopic (exact) mass is 481 g/mol. The molecule has 8 heteroatoms. The van der Waals surface area contributed by atoms with Crippen molar-refractivity contribution in [3.05, 3.63) is 98.5 Å². The fraction of sp³-hybridized carbons (Fsp3) is 0.308. The molecule has 0 fully saturated rings. The Bertz CT molecular complexity index is 1330. The van der Waals surface area contributed by atoms with E-state index >= 15 is 0 Å². The van der Waals surface area contributed by atoms with Gasteiger partial charge in [0.25, 0.3) is 11.5 Å². The summed E-state index contributed by atoms with van der Waals surface area (Å²) in [6.07, 6.45) is 0. The first-order valence-corrected chi connectivity index (χ1v) is 12.5. The third-order valence-corrected chi connectivity index (χ3v) is 7.05. The van der Waals surface area contributed by atoms with E-state index in [2.05, 4.69) is 35.8 Å². The van der Waals surface area contributed by atoms with Crippen molar-refractivity contribution in [1.82, 2.24) is 15.0 Å². The first-order valence-electron chi connectivity index (χ1n) is 11.0. The number of H-pyrrole nitrogens is 1. The number of rotatable bonds is 7. The molecule has 0 unspecified atom stereocenters. The number of nitrogens with one attached hydrogen (secondary N) is 3. The first-order chi connectivity index (χ1) is 15.9. The van der Waals surface area contributed by atoms with E-state index in [1.54, 1.807) is 43.3 Å². The van der Waals surface area contributed by atoms with Gasteiger partial charge in [-0.15, -0.1) is 0 Å². The number of aromatic nitrogens is 1. The zero-order valence-corrected chi connectivity index (χ0v) is 21.0. The van der Waals surface area contributed by atoms with Crippen molar-refractivity contribution in [2.75, 3.05) is 0 Å². The van der Waals surface area contributed by atoms with Crippen LogP contribution in [0.2, 0.25) is 0 Å². The maximum atomic E-state index is 12.6. The maximum absolute atomic E-state index is 12.6. The molecule has 1 aromatic heterocycles. The van der Waals surface area contributed by atoms with Crippen molar-refractivity contribution in [2.45, 2.75) is 58.0 Å². The molecular formula is C26H31N3O4S. The number of benzene rings is 2. The second-order valence-corrected chi connectivity index (χ2v) is 11.2. The van der Waals surface area contributed by atoms with Gasteiger partial charge in [0.15, 0.2) is 0 Å². The van der Waals surface area contributed by atoms with E-state index in [0.717, 1.165) is 22.4 Å². The molecule has 0 radical (unpaired) electrons. The zero-order chi connectivity index (χ0) is 25.1. The van der Waals surface area contributed by atoms with Gasteiger partial charge in [-0.3, -0.25) is 9.59 Å². The third kappa shape index (κ3) is 6.21. The maximum Gasteiger partial charge on any atom is 0.253 e. The molecule has 0 aliphatic heterocycles. The van der Waals surface area contributed by atoms with Crippen LogP contribution in [0.4, 0.5) is 0 Å². The number of carbonyl (C=O) groups excluding carboxylic acids is 1. The number of aromatic amines is 1. The Kier molecular flexibility index (Phi) is 7.43. The highest BCUT2D eigenvalue weighted by Crippen LogP contribution is 2.23. The Balaban J connectivity index is 1.60. The lowest BCUT2D eigenvalue weighted by molar-refractivity contribution is 0.0950. The number of sulfonamides is 1. The average Bonchev–Trinajstić information content (AvgIpc) is 2.77. The molecule has 0 saturated heterocycles. The number of aryl methyl sites for hydroxylation is 2. The van der Waals surface area contributed by atoms with Gasteiger partial charge in [-0.2, -0.15) is 0 Å². The highest BCUT2D eigenvalue weighted by Gasteiger charge is 2.17. The van der Waals surface area contributed by atoms with Crippen LogP contribution in [0.1, 0.15) is 59.1 Å². The normalized spacial score (nSPS) is 11.9. The van der Waals surface area contributed by atoms with Gasteiger partial charge in [0.1, 0.15) is 0 Å². The molecule has 0 saturated carbocycles. The summed E-state index contributed by atoms with van der Waals surface area (Å²) in [6, 6.07) is 15.4. The molecule has 34 heavy (non-hydrogen) atoms. The summed E-state index contributed by atoms with van der Waals surface area (Å²) < 4.78 is 27.9. The van der Waals surface area contributed by atoms with E-state index in [1.807, 2.05) is 25.1 Å². The minimum atomic E-state index is -3.66. The van der Waals surface area contributed by atoms with E-state index in [1.165, 1.54) is 0 Å². The molecule has 3 aromatic rings. The van der Waals surface area contributed by atoms with E-state index in [0.29, 0.717) is 11.1 Å². The minimum absolute atomic E-state index is 0.0571. The molecule has 0 spiro atoms. The van der Waals surface area contributed by atoms with Crippen molar-refractivity contribution in [2.24, 2.45) is 0 Å². The lowest BCUT2D eigenvalue weighted by Gasteiger charge is -2.19. The Labute approximate surface area is 200 Å². The van der Waals surface area contributed by atoms with Gasteiger partial charge in [-0.1, -0.05) is 45.0 Å². The number of hydrogen-bond acceptors (Lipinski definition) is 4. The minimum Gasteiger partial charge on any atom is -0.348 e. The van der Waals surface area contributed by atoms with Crippen molar-refractivity contribution in [1.29, 1.82) is 0 Å². The van der Waals surface area contributed by atoms with Crippen LogP contribution in [0.25, 0.3) is 0 Å². The van der Waals surface area contributed by atoms with E-state index < -0.39 is 10.0 Å². The van der Waals surface area contributed by atoms with Crippen LogP contribution in [0.15, 0.2) is 64.3 Å². The molecule has 2 aromatic carbocycles. The van der Waals surface area contributed by atoms with Crippen LogP contribution in [-0.2, 0) is 28.5 Å². The fourth-order valence-electron chi connectivity index (χ4n) is 3.54. The second-order valence-electron chi connectivity index (χ2n) is 9.42. The summed E-state index contributed by atoms with van der Waals surface area (Å²) in [5, 5.41) is 2.76. The molecule has 3 N–H and O–H groups in total. The molecule has 0 bridgehead atoms. The highest BCUT2D eigenvalue weighted by atomic mass is 32.2. The van der Waals surface area contributed by atoms with Gasteiger partial charge in [-0.05, 0) is 66.3 Å². The van der Waals surface area contributed by atoms with Crippen LogP contribution < -0.4 is 15.6 Å². The highest BCUT2D eigenvalue weighted by molar-refractivity contribution is 7.89. The fourth-order valence-corrected chi connectivity index (χ4v) is 4.56. The van der Waals surface area contributed by atoms with Crippen molar-refractivity contribution in [3.8, 4) is 0 Å². The standard InChI is InChI=1S/C26H31N3O4S/c1-17-14-18(2)29-25(31)23(17)16-27-24(30)20-8-6-19(7-9-20)15-28-34(32,33)22-12-10-21(11-13-22)26(3,4)5/h6-14,28H,15-16H2,1-5H3,(H,27,30)(H,29,31). The van der Waals surface area contributed by atoms with Crippen LogP contribution in [0.5, 0.6) is 0 Å². The van der Waals surface area contributed by atoms with Crippen LogP contribution >= 0.6 is 0 Å². The summed E-state index contributed by atoms with van der Waals surface area (Å²) in [4.78, 5) is 27.5. The number of carbonyl (C=O) groups is 1. The van der Waals surface area contributed by atoms with Gasteiger partial charge in [0, 0.05) is 29.9 Å². The summed E-state index contributed by atoms with van der Waals surface area (Å²) in [6.45, 7) is 10.1. The molecule has 7 nitrogen and oxygen atoms in total. The molecule has 3 rings (SSSR count). The quantitative estimate of drug-likeness (QED) is 0.478. The molecule has 0 atom stereocenters. The topological polar surface area (TPSA) is 108 Å². The zero-order valence-electron chi connectivity index (χ0n) is 20.2. The lowest BCUT2D eigenvalue weighted by Crippen LogP contribution is -2.28. The Hall–Kier alpha value is -3.23. The molecule has 0 aliphatic rings. The van der Waals surface area contributed by atoms with Gasteiger partial charge < -0.3 is 10.3 Å². The smallest absolute Gasteiger partial charge is 0.253 e. The summed E-state index contributed by atoms with van der Waals surface area (Å²) >= 11 is 0. The predicted molar refractivity (Wildman–Crippen MR) is 133 cm³/mol. The Morgan fingerprint density at radius 3 is 2.12 bits per heavy atom. The molecular weight excluding hydrogens is 450 g/mol. The number of pyridine rings is 1. The van der Waals surface area contributed by atoms with Crippen molar-refractivity contribution >= 4 is 15.9 Å². The van der Waals surface area contributed by atoms with Gasteiger partial charge in [-0.25, -0.2) is 13.1 Å². The molecule has 1 amide bonds. The Morgan fingerprint density at radius 1 is 0.941 bits per heavy atom. The third-order valence-electron chi connectivity index (χ3n) is 5.63. The van der Waals surface area contributed by atoms with E-state index in [4.69, 9.17) is 0 Å². The predicted octanol–water partition coefficient (Wildman–Crippen LogP) is 3.70. The molecule has 1 heterocycles.